The van der Waals surface area contributed by atoms with Gasteiger partial charge in [-0.25, -0.2) is 0 Å². The molecule has 112 valence electrons. The Kier molecular flexibility index (Phi) is 4.22. The molecule has 1 aliphatic heterocycles. The molecule has 0 radical (unpaired) electrons. The summed E-state index contributed by atoms with van der Waals surface area (Å²) in [7, 11) is 0. The molecule has 5 nitrogen and oxygen atoms in total. The molecule has 1 aromatic heterocycles. The van der Waals surface area contributed by atoms with Crippen molar-refractivity contribution in [3.8, 4) is 0 Å². The molecule has 3 rings (SSSR count). The van der Waals surface area contributed by atoms with Crippen LogP contribution < -0.4 is 10.6 Å². The number of nitrogens with zero attached hydrogens (tertiary/aromatic N) is 1. The number of rotatable bonds is 4. The van der Waals surface area contributed by atoms with Crippen LogP contribution >= 0.6 is 0 Å². The third-order valence-corrected chi connectivity index (χ3v) is 3.84. The van der Waals surface area contributed by atoms with E-state index in [0.29, 0.717) is 19.6 Å². The fourth-order valence-electron chi connectivity index (χ4n) is 2.80. The van der Waals surface area contributed by atoms with Gasteiger partial charge in [0.05, 0.1) is 6.54 Å². The largest absolute Gasteiger partial charge is 0.460 e. The zero-order valence-electron chi connectivity index (χ0n) is 12.3. The van der Waals surface area contributed by atoms with Crippen molar-refractivity contribution in [3.63, 3.8) is 0 Å². The van der Waals surface area contributed by atoms with Crippen LogP contribution in [0.25, 0.3) is 11.0 Å². The number of fused-ring (bicyclic) bond motifs is 1. The van der Waals surface area contributed by atoms with E-state index in [1.165, 1.54) is 0 Å². The summed E-state index contributed by atoms with van der Waals surface area (Å²) < 4.78 is 5.87. The van der Waals surface area contributed by atoms with Crippen LogP contribution in [-0.4, -0.2) is 43.0 Å². The monoisotopic (exact) mass is 287 g/mol. The van der Waals surface area contributed by atoms with Crippen molar-refractivity contribution in [1.82, 2.24) is 15.5 Å². The van der Waals surface area contributed by atoms with Crippen LogP contribution in [0.2, 0.25) is 0 Å². The van der Waals surface area contributed by atoms with Crippen LogP contribution in [0.1, 0.15) is 12.7 Å². The van der Waals surface area contributed by atoms with Gasteiger partial charge in [-0.2, -0.15) is 0 Å². The maximum absolute atomic E-state index is 12.1. The van der Waals surface area contributed by atoms with Crippen molar-refractivity contribution in [3.05, 3.63) is 36.1 Å². The molecule has 1 aromatic carbocycles. The summed E-state index contributed by atoms with van der Waals surface area (Å²) >= 11 is 0. The molecule has 0 bridgehead atoms. The fourth-order valence-corrected chi connectivity index (χ4v) is 2.80. The van der Waals surface area contributed by atoms with Gasteiger partial charge in [0, 0.05) is 31.6 Å². The highest BCUT2D eigenvalue weighted by molar-refractivity contribution is 5.82. The average molecular weight is 287 g/mol. The van der Waals surface area contributed by atoms with Gasteiger partial charge in [0.2, 0.25) is 5.91 Å². The second-order valence-corrected chi connectivity index (χ2v) is 5.34. The van der Waals surface area contributed by atoms with Crippen molar-refractivity contribution >= 4 is 16.9 Å². The molecule has 2 heterocycles. The molecule has 2 aromatic rings. The first-order valence-electron chi connectivity index (χ1n) is 7.48. The van der Waals surface area contributed by atoms with E-state index < -0.39 is 0 Å². The van der Waals surface area contributed by atoms with Crippen molar-refractivity contribution in [2.24, 2.45) is 0 Å². The summed E-state index contributed by atoms with van der Waals surface area (Å²) in [5.74, 6) is 0.994. The lowest BCUT2D eigenvalue weighted by molar-refractivity contribution is -0.127. The number of para-hydroxylation sites is 1. The molecule has 1 amide bonds. The minimum absolute atomic E-state index is 0.0841. The third-order valence-electron chi connectivity index (χ3n) is 3.84. The number of furan rings is 1. The number of nitrogens with one attached hydrogen (secondary N) is 2. The van der Waals surface area contributed by atoms with Gasteiger partial charge >= 0.3 is 0 Å². The Balaban J connectivity index is 1.75. The second kappa shape index (κ2) is 6.28. The highest BCUT2D eigenvalue weighted by Gasteiger charge is 2.28. The highest BCUT2D eigenvalue weighted by atomic mass is 16.3. The number of carbonyl (C=O) groups excluding carboxylic acids is 1. The number of likely N-dealkylation sites (N-methyl/N-ethyl adjacent to an activating group) is 1. The number of hydrogen-bond donors (Lipinski definition) is 2. The first-order valence-corrected chi connectivity index (χ1v) is 7.48. The van der Waals surface area contributed by atoms with E-state index in [1.807, 2.05) is 31.2 Å². The summed E-state index contributed by atoms with van der Waals surface area (Å²) in [4.78, 5) is 14.3. The van der Waals surface area contributed by atoms with Crippen LogP contribution in [0.3, 0.4) is 0 Å². The van der Waals surface area contributed by atoms with E-state index in [0.717, 1.165) is 29.8 Å². The Hall–Kier alpha value is -1.85. The maximum atomic E-state index is 12.1. The molecular formula is C16H21N3O2. The Morgan fingerprint density at radius 2 is 2.33 bits per heavy atom. The van der Waals surface area contributed by atoms with Crippen molar-refractivity contribution in [1.29, 1.82) is 0 Å². The number of hydrogen-bond acceptors (Lipinski definition) is 4. The highest BCUT2D eigenvalue weighted by Crippen LogP contribution is 2.21. The molecular weight excluding hydrogens is 266 g/mol. The van der Waals surface area contributed by atoms with Crippen LogP contribution in [-0.2, 0) is 11.3 Å². The van der Waals surface area contributed by atoms with Gasteiger partial charge in [-0.05, 0) is 19.1 Å². The Labute approximate surface area is 124 Å². The zero-order valence-corrected chi connectivity index (χ0v) is 12.3. The zero-order chi connectivity index (χ0) is 14.7. The minimum atomic E-state index is -0.132. The van der Waals surface area contributed by atoms with Crippen LogP contribution in [0.4, 0.5) is 0 Å². The number of benzene rings is 1. The molecule has 2 N–H and O–H groups in total. The normalized spacial score (nSPS) is 19.8. The van der Waals surface area contributed by atoms with E-state index >= 15 is 0 Å². The summed E-state index contributed by atoms with van der Waals surface area (Å²) in [6.45, 7) is 5.70. The molecule has 0 spiro atoms. The molecule has 1 fully saturated rings. The number of amides is 1. The predicted molar refractivity (Wildman–Crippen MR) is 82.0 cm³/mol. The van der Waals surface area contributed by atoms with Crippen molar-refractivity contribution in [2.45, 2.75) is 19.5 Å². The van der Waals surface area contributed by atoms with Gasteiger partial charge in [-0.3, -0.25) is 9.69 Å². The van der Waals surface area contributed by atoms with Gasteiger partial charge in [0.1, 0.15) is 17.4 Å². The Bertz CT molecular complexity index is 590. The second-order valence-electron chi connectivity index (χ2n) is 5.34. The molecule has 5 heteroatoms. The van der Waals surface area contributed by atoms with Gasteiger partial charge in [-0.1, -0.05) is 18.2 Å². The first-order chi connectivity index (χ1) is 10.3. The van der Waals surface area contributed by atoms with Crippen LogP contribution in [0.5, 0.6) is 0 Å². The van der Waals surface area contributed by atoms with Crippen LogP contribution in [0, 0.1) is 0 Å². The Morgan fingerprint density at radius 1 is 1.48 bits per heavy atom. The number of carbonyl (C=O) groups is 1. The quantitative estimate of drug-likeness (QED) is 0.891. The van der Waals surface area contributed by atoms with Crippen molar-refractivity contribution in [2.75, 3.05) is 26.2 Å². The summed E-state index contributed by atoms with van der Waals surface area (Å²) in [6, 6.07) is 9.92. The smallest absolute Gasteiger partial charge is 0.238 e. The summed E-state index contributed by atoms with van der Waals surface area (Å²) in [6.07, 6.45) is 0. The molecule has 1 atom stereocenters. The van der Waals surface area contributed by atoms with E-state index in [-0.39, 0.29) is 11.9 Å². The van der Waals surface area contributed by atoms with Crippen LogP contribution in [0.15, 0.2) is 34.7 Å². The third kappa shape index (κ3) is 3.09. The van der Waals surface area contributed by atoms with E-state index in [4.69, 9.17) is 4.42 Å². The minimum Gasteiger partial charge on any atom is -0.460 e. The molecule has 21 heavy (non-hydrogen) atoms. The Morgan fingerprint density at radius 3 is 3.14 bits per heavy atom. The van der Waals surface area contributed by atoms with E-state index in [2.05, 4.69) is 21.6 Å². The lowest BCUT2D eigenvalue weighted by Gasteiger charge is -2.34. The van der Waals surface area contributed by atoms with Crippen molar-refractivity contribution < 1.29 is 9.21 Å². The first kappa shape index (κ1) is 14.1. The molecule has 1 aliphatic rings. The molecule has 0 aliphatic carbocycles. The number of piperazine rings is 1. The SMILES string of the molecule is CCNC(=O)C1CNCCN1Cc1cc2ccccc2o1. The van der Waals surface area contributed by atoms with E-state index in [9.17, 15) is 4.79 Å². The van der Waals surface area contributed by atoms with E-state index in [1.54, 1.807) is 0 Å². The fraction of sp³-hybridized carbons (Fsp3) is 0.438. The molecule has 0 saturated carbocycles. The van der Waals surface area contributed by atoms with Gasteiger partial charge in [-0.15, -0.1) is 0 Å². The predicted octanol–water partition coefficient (Wildman–Crippen LogP) is 1.34. The standard InChI is InChI=1S/C16H21N3O2/c1-2-18-16(20)14-10-17-7-8-19(14)11-13-9-12-5-3-4-6-15(12)21-13/h3-6,9,14,17H,2,7-8,10-11H2,1H3,(H,18,20). The summed E-state index contributed by atoms with van der Waals surface area (Å²) in [5, 5.41) is 7.30. The maximum Gasteiger partial charge on any atom is 0.238 e. The molecule has 1 unspecified atom stereocenters. The topological polar surface area (TPSA) is 57.5 Å². The lowest BCUT2D eigenvalue weighted by atomic mass is 10.1. The van der Waals surface area contributed by atoms with Gasteiger partial charge in [0.15, 0.2) is 0 Å². The van der Waals surface area contributed by atoms with Gasteiger partial charge < -0.3 is 15.1 Å². The average Bonchev–Trinajstić information content (AvgIpc) is 2.90. The van der Waals surface area contributed by atoms with Gasteiger partial charge in [0.25, 0.3) is 0 Å². The molecule has 1 saturated heterocycles. The summed E-state index contributed by atoms with van der Waals surface area (Å²) in [5.41, 5.74) is 0.900. The lowest BCUT2D eigenvalue weighted by Crippen LogP contribution is -2.57.